The van der Waals surface area contributed by atoms with Crippen molar-refractivity contribution >= 4 is 0 Å². The molecule has 96 valence electrons. The number of aryl methyl sites for hydroxylation is 1. The van der Waals surface area contributed by atoms with Crippen molar-refractivity contribution in [3.63, 3.8) is 0 Å². The van der Waals surface area contributed by atoms with Gasteiger partial charge in [-0.3, -0.25) is 0 Å². The SMILES string of the molecule is CCCC(N)c1cn(-c2cccc(C)c2C)nn1. The molecule has 0 fully saturated rings. The van der Waals surface area contributed by atoms with Crippen LogP contribution in [-0.4, -0.2) is 15.0 Å². The lowest BCUT2D eigenvalue weighted by Crippen LogP contribution is -2.10. The number of aromatic nitrogens is 3. The maximum absolute atomic E-state index is 6.05. The molecule has 0 aliphatic rings. The minimum Gasteiger partial charge on any atom is -0.323 e. The van der Waals surface area contributed by atoms with Crippen LogP contribution in [0.15, 0.2) is 24.4 Å². The Morgan fingerprint density at radius 2 is 2.11 bits per heavy atom. The van der Waals surface area contributed by atoms with Crippen molar-refractivity contribution in [3.8, 4) is 5.69 Å². The maximum Gasteiger partial charge on any atom is 0.0998 e. The molecule has 1 aromatic carbocycles. The molecule has 0 spiro atoms. The van der Waals surface area contributed by atoms with E-state index in [9.17, 15) is 0 Å². The quantitative estimate of drug-likeness (QED) is 0.899. The molecule has 0 aliphatic carbocycles. The third kappa shape index (κ3) is 2.43. The molecular formula is C14H20N4. The minimum atomic E-state index is -0.0196. The Balaban J connectivity index is 2.32. The summed E-state index contributed by atoms with van der Waals surface area (Å²) in [5, 5.41) is 8.35. The van der Waals surface area contributed by atoms with Gasteiger partial charge in [0.1, 0.15) is 0 Å². The Labute approximate surface area is 108 Å². The maximum atomic E-state index is 6.05. The molecule has 0 amide bonds. The zero-order valence-corrected chi connectivity index (χ0v) is 11.2. The lowest BCUT2D eigenvalue weighted by Gasteiger charge is -2.07. The van der Waals surface area contributed by atoms with E-state index < -0.39 is 0 Å². The van der Waals surface area contributed by atoms with E-state index in [4.69, 9.17) is 5.73 Å². The largest absolute Gasteiger partial charge is 0.323 e. The number of hydrogen-bond donors (Lipinski definition) is 1. The van der Waals surface area contributed by atoms with E-state index >= 15 is 0 Å². The number of rotatable bonds is 4. The van der Waals surface area contributed by atoms with Gasteiger partial charge in [0.2, 0.25) is 0 Å². The third-order valence-electron chi connectivity index (χ3n) is 3.31. The number of nitrogens with zero attached hydrogens (tertiary/aromatic N) is 3. The molecule has 4 heteroatoms. The van der Waals surface area contributed by atoms with E-state index in [-0.39, 0.29) is 6.04 Å². The molecule has 0 saturated carbocycles. The van der Waals surface area contributed by atoms with Crippen LogP contribution >= 0.6 is 0 Å². The topological polar surface area (TPSA) is 56.7 Å². The van der Waals surface area contributed by atoms with E-state index in [1.807, 2.05) is 23.0 Å². The van der Waals surface area contributed by atoms with Gasteiger partial charge >= 0.3 is 0 Å². The summed E-state index contributed by atoms with van der Waals surface area (Å²) in [5.41, 5.74) is 10.4. The summed E-state index contributed by atoms with van der Waals surface area (Å²) in [5.74, 6) is 0. The van der Waals surface area contributed by atoms with Crippen molar-refractivity contribution in [1.29, 1.82) is 0 Å². The zero-order chi connectivity index (χ0) is 13.1. The first-order valence-corrected chi connectivity index (χ1v) is 6.38. The normalized spacial score (nSPS) is 12.7. The van der Waals surface area contributed by atoms with E-state index in [1.54, 1.807) is 0 Å². The average molecular weight is 244 g/mol. The molecule has 0 saturated heterocycles. The highest BCUT2D eigenvalue weighted by atomic mass is 15.4. The van der Waals surface area contributed by atoms with Gasteiger partial charge in [-0.05, 0) is 37.5 Å². The highest BCUT2D eigenvalue weighted by Gasteiger charge is 2.11. The van der Waals surface area contributed by atoms with Crippen LogP contribution in [0.5, 0.6) is 0 Å². The minimum absolute atomic E-state index is 0.0196. The van der Waals surface area contributed by atoms with Crippen molar-refractivity contribution in [2.75, 3.05) is 0 Å². The Morgan fingerprint density at radius 1 is 1.33 bits per heavy atom. The monoisotopic (exact) mass is 244 g/mol. The van der Waals surface area contributed by atoms with Crippen LogP contribution in [-0.2, 0) is 0 Å². The summed E-state index contributed by atoms with van der Waals surface area (Å²) < 4.78 is 1.81. The van der Waals surface area contributed by atoms with Crippen LogP contribution in [0.2, 0.25) is 0 Å². The average Bonchev–Trinajstić information content (AvgIpc) is 2.82. The zero-order valence-electron chi connectivity index (χ0n) is 11.2. The third-order valence-corrected chi connectivity index (χ3v) is 3.31. The van der Waals surface area contributed by atoms with Crippen LogP contribution in [0, 0.1) is 13.8 Å². The van der Waals surface area contributed by atoms with Gasteiger partial charge in [-0.25, -0.2) is 4.68 Å². The summed E-state index contributed by atoms with van der Waals surface area (Å²) >= 11 is 0. The van der Waals surface area contributed by atoms with Gasteiger partial charge < -0.3 is 5.73 Å². The van der Waals surface area contributed by atoms with Crippen molar-refractivity contribution in [2.24, 2.45) is 5.73 Å². The van der Waals surface area contributed by atoms with Crippen LogP contribution in [0.3, 0.4) is 0 Å². The summed E-state index contributed by atoms with van der Waals surface area (Å²) in [6.45, 7) is 6.31. The van der Waals surface area contributed by atoms with Gasteiger partial charge in [-0.2, -0.15) is 0 Å². The molecule has 1 heterocycles. The lowest BCUT2D eigenvalue weighted by atomic mass is 10.1. The Morgan fingerprint density at radius 3 is 2.83 bits per heavy atom. The number of hydrogen-bond acceptors (Lipinski definition) is 3. The second-order valence-corrected chi connectivity index (χ2v) is 4.70. The fourth-order valence-electron chi connectivity index (χ4n) is 2.01. The fraction of sp³-hybridized carbons (Fsp3) is 0.429. The molecule has 2 aromatic rings. The van der Waals surface area contributed by atoms with Gasteiger partial charge in [-0.15, -0.1) is 5.10 Å². The van der Waals surface area contributed by atoms with Gasteiger partial charge in [0.15, 0.2) is 0 Å². The first-order chi connectivity index (χ1) is 8.63. The van der Waals surface area contributed by atoms with Gasteiger partial charge in [0, 0.05) is 0 Å². The van der Waals surface area contributed by atoms with Gasteiger partial charge in [-0.1, -0.05) is 30.7 Å². The van der Waals surface area contributed by atoms with Crippen LogP contribution in [0.25, 0.3) is 5.69 Å². The summed E-state index contributed by atoms with van der Waals surface area (Å²) in [7, 11) is 0. The number of nitrogens with two attached hydrogens (primary N) is 1. The molecule has 4 nitrogen and oxygen atoms in total. The molecule has 1 aromatic heterocycles. The predicted molar refractivity (Wildman–Crippen MR) is 72.7 cm³/mol. The first-order valence-electron chi connectivity index (χ1n) is 6.38. The Bertz CT molecular complexity index is 530. The molecule has 0 radical (unpaired) electrons. The van der Waals surface area contributed by atoms with Crippen molar-refractivity contribution in [3.05, 3.63) is 41.2 Å². The lowest BCUT2D eigenvalue weighted by molar-refractivity contribution is 0.619. The van der Waals surface area contributed by atoms with E-state index in [0.29, 0.717) is 0 Å². The van der Waals surface area contributed by atoms with Gasteiger partial charge in [0.25, 0.3) is 0 Å². The molecule has 2 rings (SSSR count). The van der Waals surface area contributed by atoms with Crippen LogP contribution in [0.1, 0.15) is 42.6 Å². The summed E-state index contributed by atoms with van der Waals surface area (Å²) in [6, 6.07) is 6.16. The van der Waals surface area contributed by atoms with E-state index in [2.05, 4.69) is 37.1 Å². The number of benzene rings is 1. The molecule has 1 atom stereocenters. The van der Waals surface area contributed by atoms with E-state index in [1.165, 1.54) is 11.1 Å². The predicted octanol–water partition coefficient (Wildman–Crippen LogP) is 2.68. The summed E-state index contributed by atoms with van der Waals surface area (Å²) in [6.07, 6.45) is 3.92. The first kappa shape index (κ1) is 12.8. The molecule has 0 bridgehead atoms. The van der Waals surface area contributed by atoms with Crippen LogP contribution < -0.4 is 5.73 Å². The molecule has 0 aliphatic heterocycles. The molecule has 18 heavy (non-hydrogen) atoms. The van der Waals surface area contributed by atoms with Crippen molar-refractivity contribution < 1.29 is 0 Å². The summed E-state index contributed by atoms with van der Waals surface area (Å²) in [4.78, 5) is 0. The highest BCUT2D eigenvalue weighted by molar-refractivity contribution is 5.44. The second kappa shape index (κ2) is 5.31. The fourth-order valence-corrected chi connectivity index (χ4v) is 2.01. The second-order valence-electron chi connectivity index (χ2n) is 4.70. The van der Waals surface area contributed by atoms with Crippen molar-refractivity contribution in [1.82, 2.24) is 15.0 Å². The standard InChI is InChI=1S/C14H20N4/c1-4-6-12(15)13-9-18(17-16-13)14-8-5-7-10(2)11(14)3/h5,7-9,12H,4,6,15H2,1-3H3. The molecular weight excluding hydrogens is 224 g/mol. The Hall–Kier alpha value is -1.68. The smallest absolute Gasteiger partial charge is 0.0998 e. The Kier molecular flexibility index (Phi) is 3.77. The van der Waals surface area contributed by atoms with Gasteiger partial charge in [0.05, 0.1) is 23.6 Å². The van der Waals surface area contributed by atoms with E-state index in [0.717, 1.165) is 24.2 Å². The highest BCUT2D eigenvalue weighted by Crippen LogP contribution is 2.18. The van der Waals surface area contributed by atoms with Crippen LogP contribution in [0.4, 0.5) is 0 Å². The molecule has 2 N–H and O–H groups in total. The molecule has 1 unspecified atom stereocenters. The van der Waals surface area contributed by atoms with Crippen molar-refractivity contribution in [2.45, 2.75) is 39.7 Å².